The molecule has 9 heavy (non-hydrogen) atoms. The SMILES string of the molecule is C[Si](C)c1ccncc1. The molecule has 0 amide bonds. The maximum atomic E-state index is 3.94. The second-order valence-corrected chi connectivity index (χ2v) is 4.81. The molecule has 1 aromatic rings. The Morgan fingerprint density at radius 3 is 2.11 bits per heavy atom. The summed E-state index contributed by atoms with van der Waals surface area (Å²) >= 11 is 0. The largest absolute Gasteiger partial charge is 0.265 e. The van der Waals surface area contributed by atoms with E-state index in [1.807, 2.05) is 12.4 Å². The van der Waals surface area contributed by atoms with Crippen molar-refractivity contribution < 1.29 is 0 Å². The molecular formula is C7H10NSi. The number of hydrogen-bond donors (Lipinski definition) is 0. The molecule has 47 valence electrons. The van der Waals surface area contributed by atoms with Gasteiger partial charge >= 0.3 is 0 Å². The van der Waals surface area contributed by atoms with Crippen LogP contribution in [0.4, 0.5) is 0 Å². The van der Waals surface area contributed by atoms with Gasteiger partial charge in [-0.15, -0.1) is 0 Å². The van der Waals surface area contributed by atoms with E-state index in [4.69, 9.17) is 0 Å². The van der Waals surface area contributed by atoms with Crippen molar-refractivity contribution in [3.63, 3.8) is 0 Å². The van der Waals surface area contributed by atoms with E-state index in [0.717, 1.165) is 0 Å². The first-order valence-corrected chi connectivity index (χ1v) is 5.51. The number of aromatic nitrogens is 1. The lowest BCUT2D eigenvalue weighted by Gasteiger charge is -1.99. The van der Waals surface area contributed by atoms with Crippen LogP contribution in [0, 0.1) is 0 Å². The predicted octanol–water partition coefficient (Wildman–Crippen LogP) is 1.04. The van der Waals surface area contributed by atoms with Gasteiger partial charge in [-0.05, 0) is 12.1 Å². The van der Waals surface area contributed by atoms with Crippen molar-refractivity contribution in [3.8, 4) is 0 Å². The molecule has 0 atom stereocenters. The van der Waals surface area contributed by atoms with Gasteiger partial charge in [-0.1, -0.05) is 18.3 Å². The summed E-state index contributed by atoms with van der Waals surface area (Å²) in [6, 6.07) is 4.18. The summed E-state index contributed by atoms with van der Waals surface area (Å²) in [4.78, 5) is 3.94. The van der Waals surface area contributed by atoms with E-state index in [1.165, 1.54) is 5.19 Å². The zero-order chi connectivity index (χ0) is 6.69. The van der Waals surface area contributed by atoms with E-state index < -0.39 is 0 Å². The second-order valence-electron chi connectivity index (χ2n) is 2.24. The van der Waals surface area contributed by atoms with Crippen LogP contribution in [0.3, 0.4) is 0 Å². The van der Waals surface area contributed by atoms with Gasteiger partial charge < -0.3 is 0 Å². The molecular weight excluding hydrogens is 126 g/mol. The third-order valence-electron chi connectivity index (χ3n) is 1.26. The zero-order valence-electron chi connectivity index (χ0n) is 5.76. The minimum Gasteiger partial charge on any atom is -0.265 e. The second kappa shape index (κ2) is 2.78. The van der Waals surface area contributed by atoms with Gasteiger partial charge in [0.1, 0.15) is 0 Å². The van der Waals surface area contributed by atoms with Gasteiger partial charge in [-0.25, -0.2) is 0 Å². The van der Waals surface area contributed by atoms with Crippen LogP contribution in [0.5, 0.6) is 0 Å². The van der Waals surface area contributed by atoms with Crippen molar-refractivity contribution in [2.75, 3.05) is 0 Å². The Bertz CT molecular complexity index is 172. The lowest BCUT2D eigenvalue weighted by molar-refractivity contribution is 1.34. The molecule has 2 heteroatoms. The Kier molecular flexibility index (Phi) is 2.00. The Labute approximate surface area is 57.4 Å². The van der Waals surface area contributed by atoms with Crippen LogP contribution in [0.2, 0.25) is 13.1 Å². The summed E-state index contributed by atoms with van der Waals surface area (Å²) in [6.07, 6.45) is 3.71. The van der Waals surface area contributed by atoms with Crippen LogP contribution in [0.15, 0.2) is 24.5 Å². The molecule has 0 spiro atoms. The molecule has 1 rings (SSSR count). The molecule has 1 nitrogen and oxygen atoms in total. The number of hydrogen-bond acceptors (Lipinski definition) is 1. The highest BCUT2D eigenvalue weighted by Crippen LogP contribution is 1.82. The zero-order valence-corrected chi connectivity index (χ0v) is 6.76. The number of nitrogens with zero attached hydrogens (tertiary/aromatic N) is 1. The van der Waals surface area contributed by atoms with Crippen LogP contribution in [-0.4, -0.2) is 13.8 Å². The third-order valence-corrected chi connectivity index (χ3v) is 2.75. The maximum absolute atomic E-state index is 3.94. The van der Waals surface area contributed by atoms with Gasteiger partial charge in [0.25, 0.3) is 0 Å². The van der Waals surface area contributed by atoms with E-state index >= 15 is 0 Å². The molecule has 1 radical (unpaired) electrons. The smallest absolute Gasteiger partial charge is 0.0793 e. The fourth-order valence-corrected chi connectivity index (χ4v) is 1.50. The Morgan fingerprint density at radius 1 is 1.22 bits per heavy atom. The quantitative estimate of drug-likeness (QED) is 0.526. The van der Waals surface area contributed by atoms with Crippen LogP contribution in [0.1, 0.15) is 0 Å². The number of pyridine rings is 1. The molecule has 1 aromatic heterocycles. The van der Waals surface area contributed by atoms with Crippen molar-refractivity contribution in [1.82, 2.24) is 4.98 Å². The first-order valence-electron chi connectivity index (χ1n) is 3.01. The van der Waals surface area contributed by atoms with Gasteiger partial charge in [0.05, 0.1) is 8.80 Å². The monoisotopic (exact) mass is 136 g/mol. The standard InChI is InChI=1S/C7H10NSi/c1-9(2)7-3-5-8-6-4-7/h3-6H,1-2H3. The highest BCUT2D eigenvalue weighted by Gasteiger charge is 1.96. The van der Waals surface area contributed by atoms with Gasteiger partial charge in [0.15, 0.2) is 0 Å². The first kappa shape index (κ1) is 6.49. The molecule has 0 saturated heterocycles. The van der Waals surface area contributed by atoms with Crippen LogP contribution >= 0.6 is 0 Å². The van der Waals surface area contributed by atoms with E-state index in [1.54, 1.807) is 0 Å². The summed E-state index contributed by atoms with van der Waals surface area (Å²) in [5.41, 5.74) is 0. The third kappa shape index (κ3) is 1.64. The van der Waals surface area contributed by atoms with E-state index in [0.29, 0.717) is 0 Å². The van der Waals surface area contributed by atoms with Gasteiger partial charge in [0, 0.05) is 12.4 Å². The Morgan fingerprint density at radius 2 is 1.78 bits per heavy atom. The van der Waals surface area contributed by atoms with E-state index in [9.17, 15) is 0 Å². The van der Waals surface area contributed by atoms with Crippen molar-refractivity contribution in [2.45, 2.75) is 13.1 Å². The highest BCUT2D eigenvalue weighted by molar-refractivity contribution is 6.70. The number of rotatable bonds is 1. The van der Waals surface area contributed by atoms with Crippen LogP contribution in [-0.2, 0) is 0 Å². The molecule has 1 heterocycles. The summed E-state index contributed by atoms with van der Waals surface area (Å²) in [5, 5.41) is 1.45. The fourth-order valence-electron chi connectivity index (χ4n) is 0.685. The maximum Gasteiger partial charge on any atom is 0.0793 e. The van der Waals surface area contributed by atoms with Crippen LogP contribution in [0.25, 0.3) is 0 Å². The molecule has 0 aliphatic rings. The van der Waals surface area contributed by atoms with Crippen molar-refractivity contribution in [2.24, 2.45) is 0 Å². The molecule has 0 unspecified atom stereocenters. The lowest BCUT2D eigenvalue weighted by Crippen LogP contribution is -2.21. The first-order chi connectivity index (χ1) is 4.30. The molecule has 0 fully saturated rings. The van der Waals surface area contributed by atoms with Gasteiger partial charge in [-0.2, -0.15) is 0 Å². The minimum absolute atomic E-state index is 0.252. The van der Waals surface area contributed by atoms with E-state index in [2.05, 4.69) is 30.2 Å². The summed E-state index contributed by atoms with van der Waals surface area (Å²) in [7, 11) is -0.252. The molecule has 0 aliphatic heterocycles. The molecule has 0 saturated carbocycles. The molecule has 0 aromatic carbocycles. The molecule has 0 bridgehead atoms. The summed E-state index contributed by atoms with van der Waals surface area (Å²) in [6.45, 7) is 4.56. The van der Waals surface area contributed by atoms with Gasteiger partial charge in [-0.3, -0.25) is 4.98 Å². The Balaban J connectivity index is 2.85. The van der Waals surface area contributed by atoms with Crippen LogP contribution < -0.4 is 5.19 Å². The normalized spacial score (nSPS) is 10.1. The highest BCUT2D eigenvalue weighted by atomic mass is 28.3. The lowest BCUT2D eigenvalue weighted by atomic mass is 10.5. The average molecular weight is 136 g/mol. The molecule has 0 aliphatic carbocycles. The van der Waals surface area contributed by atoms with Crippen molar-refractivity contribution in [1.29, 1.82) is 0 Å². The fraction of sp³-hybridized carbons (Fsp3) is 0.286. The van der Waals surface area contributed by atoms with E-state index in [-0.39, 0.29) is 8.80 Å². The predicted molar refractivity (Wildman–Crippen MR) is 41.4 cm³/mol. The van der Waals surface area contributed by atoms with Crippen molar-refractivity contribution >= 4 is 14.0 Å². The van der Waals surface area contributed by atoms with Crippen molar-refractivity contribution in [3.05, 3.63) is 24.5 Å². The summed E-state index contributed by atoms with van der Waals surface area (Å²) < 4.78 is 0. The molecule has 0 N–H and O–H groups in total. The minimum atomic E-state index is -0.252. The summed E-state index contributed by atoms with van der Waals surface area (Å²) in [5.74, 6) is 0. The topological polar surface area (TPSA) is 12.9 Å². The average Bonchev–Trinajstić information content (AvgIpc) is 1.90. The van der Waals surface area contributed by atoms with Gasteiger partial charge in [0.2, 0.25) is 0 Å². The Hall–Kier alpha value is -0.633.